The second kappa shape index (κ2) is 7.81. The molecule has 0 aliphatic carbocycles. The normalized spacial score (nSPS) is 10.8. The molecular weight excluding hydrogens is 386 g/mol. The topological polar surface area (TPSA) is 39.1 Å². The van der Waals surface area contributed by atoms with Gasteiger partial charge in [0.25, 0.3) is 0 Å². The van der Waals surface area contributed by atoms with Gasteiger partial charge in [-0.25, -0.2) is 0 Å². The molecule has 0 radical (unpaired) electrons. The van der Waals surface area contributed by atoms with Crippen LogP contribution < -0.4 is 10.1 Å². The molecule has 6 heteroatoms. The Bertz CT molecular complexity index is 520. The molecule has 0 aliphatic heterocycles. The summed E-state index contributed by atoms with van der Waals surface area (Å²) in [5, 5.41) is 7.45. The summed E-state index contributed by atoms with van der Waals surface area (Å²) in [6.07, 6.45) is 3.69. The average Bonchev–Trinajstić information content (AvgIpc) is 2.92. The lowest BCUT2D eigenvalue weighted by Crippen LogP contribution is -2.12. The molecule has 2 rings (SSSR count). The van der Waals surface area contributed by atoms with Crippen LogP contribution in [-0.2, 0) is 13.1 Å². The van der Waals surface area contributed by atoms with Gasteiger partial charge in [0.05, 0.1) is 15.5 Å². The lowest BCUT2D eigenvalue weighted by atomic mass is 10.2. The maximum Gasteiger partial charge on any atom is 0.147 e. The molecule has 0 spiro atoms. The fourth-order valence-electron chi connectivity index (χ4n) is 1.80. The van der Waals surface area contributed by atoms with E-state index in [1.54, 1.807) is 6.20 Å². The van der Waals surface area contributed by atoms with Gasteiger partial charge in [-0.2, -0.15) is 5.10 Å². The number of ether oxygens (including phenoxy) is 1. The molecule has 0 unspecified atom stereocenters. The highest BCUT2D eigenvalue weighted by Gasteiger charge is 2.09. The zero-order valence-electron chi connectivity index (χ0n) is 11.3. The van der Waals surface area contributed by atoms with Gasteiger partial charge < -0.3 is 10.1 Å². The zero-order chi connectivity index (χ0) is 14.4. The first-order chi connectivity index (χ1) is 9.70. The second-order valence-electron chi connectivity index (χ2n) is 4.29. The minimum Gasteiger partial charge on any atom is -0.489 e. The predicted molar refractivity (Wildman–Crippen MR) is 86.9 cm³/mol. The van der Waals surface area contributed by atoms with E-state index in [-0.39, 0.29) is 0 Å². The average molecular weight is 403 g/mol. The fourth-order valence-corrected chi connectivity index (χ4v) is 3.31. The summed E-state index contributed by atoms with van der Waals surface area (Å²) < 4.78 is 9.59. The van der Waals surface area contributed by atoms with E-state index in [9.17, 15) is 0 Å². The summed E-state index contributed by atoms with van der Waals surface area (Å²) >= 11 is 7.13. The van der Waals surface area contributed by atoms with Crippen molar-refractivity contribution < 1.29 is 4.74 Å². The molecule has 0 amide bonds. The Kier molecular flexibility index (Phi) is 6.06. The van der Waals surface area contributed by atoms with E-state index in [1.165, 1.54) is 5.56 Å². The van der Waals surface area contributed by atoms with Crippen molar-refractivity contribution in [1.82, 2.24) is 15.1 Å². The first kappa shape index (κ1) is 15.5. The molecule has 1 heterocycles. The van der Waals surface area contributed by atoms with E-state index in [1.807, 2.05) is 16.9 Å². The third kappa shape index (κ3) is 4.33. The SMILES string of the molecule is CCNCc1cc(Br)c(OCCn2cccn2)c(Br)c1. The molecule has 0 atom stereocenters. The zero-order valence-corrected chi connectivity index (χ0v) is 14.4. The summed E-state index contributed by atoms with van der Waals surface area (Å²) in [5.74, 6) is 0.831. The Hall–Kier alpha value is -0.850. The van der Waals surface area contributed by atoms with Gasteiger partial charge in [0.15, 0.2) is 0 Å². The van der Waals surface area contributed by atoms with Crippen molar-refractivity contribution in [3.63, 3.8) is 0 Å². The van der Waals surface area contributed by atoms with E-state index in [2.05, 4.69) is 61.3 Å². The van der Waals surface area contributed by atoms with Crippen molar-refractivity contribution in [2.45, 2.75) is 20.0 Å². The molecule has 0 saturated carbocycles. The molecule has 1 aromatic carbocycles. The van der Waals surface area contributed by atoms with Crippen LogP contribution in [0.25, 0.3) is 0 Å². The first-order valence-corrected chi connectivity index (χ1v) is 8.08. The summed E-state index contributed by atoms with van der Waals surface area (Å²) in [4.78, 5) is 0. The molecule has 2 aromatic rings. The van der Waals surface area contributed by atoms with Crippen LogP contribution in [0.2, 0.25) is 0 Å². The van der Waals surface area contributed by atoms with E-state index in [4.69, 9.17) is 4.74 Å². The van der Waals surface area contributed by atoms with Gasteiger partial charge in [-0.1, -0.05) is 6.92 Å². The third-order valence-corrected chi connectivity index (χ3v) is 3.94. The summed E-state index contributed by atoms with van der Waals surface area (Å²) in [5.41, 5.74) is 1.21. The van der Waals surface area contributed by atoms with Crippen molar-refractivity contribution in [2.24, 2.45) is 0 Å². The summed E-state index contributed by atoms with van der Waals surface area (Å²) in [6, 6.07) is 6.06. The highest BCUT2D eigenvalue weighted by atomic mass is 79.9. The van der Waals surface area contributed by atoms with Crippen molar-refractivity contribution in [2.75, 3.05) is 13.2 Å². The minimum atomic E-state index is 0.575. The number of halogens is 2. The predicted octanol–water partition coefficient (Wildman–Crippen LogP) is 3.60. The number of nitrogens with zero attached hydrogens (tertiary/aromatic N) is 2. The largest absolute Gasteiger partial charge is 0.489 e. The molecule has 0 bridgehead atoms. The van der Waals surface area contributed by atoms with Gasteiger partial charge in [-0.15, -0.1) is 0 Å². The highest BCUT2D eigenvalue weighted by molar-refractivity contribution is 9.11. The van der Waals surface area contributed by atoms with Gasteiger partial charge in [0.1, 0.15) is 12.4 Å². The number of nitrogens with one attached hydrogen (secondary N) is 1. The van der Waals surface area contributed by atoms with Crippen LogP contribution in [0, 0.1) is 0 Å². The Labute approximate surface area is 135 Å². The maximum atomic E-state index is 5.83. The van der Waals surface area contributed by atoms with Crippen LogP contribution in [0.3, 0.4) is 0 Å². The molecule has 108 valence electrons. The lowest BCUT2D eigenvalue weighted by Gasteiger charge is -2.12. The van der Waals surface area contributed by atoms with Crippen LogP contribution >= 0.6 is 31.9 Å². The van der Waals surface area contributed by atoms with E-state index < -0.39 is 0 Å². The highest BCUT2D eigenvalue weighted by Crippen LogP contribution is 2.34. The molecule has 1 N–H and O–H groups in total. The van der Waals surface area contributed by atoms with E-state index in [0.29, 0.717) is 6.61 Å². The quantitative estimate of drug-likeness (QED) is 0.768. The Morgan fingerprint density at radius 2 is 2.05 bits per heavy atom. The number of rotatable bonds is 7. The van der Waals surface area contributed by atoms with Crippen LogP contribution in [0.5, 0.6) is 5.75 Å². The molecule has 0 aliphatic rings. The molecule has 1 aromatic heterocycles. The van der Waals surface area contributed by atoms with Crippen molar-refractivity contribution in [3.05, 3.63) is 45.1 Å². The summed E-state index contributed by atoms with van der Waals surface area (Å²) in [6.45, 7) is 5.20. The van der Waals surface area contributed by atoms with Crippen LogP contribution in [0.15, 0.2) is 39.5 Å². The molecular formula is C14H17Br2N3O. The molecule has 20 heavy (non-hydrogen) atoms. The maximum absolute atomic E-state index is 5.83. The lowest BCUT2D eigenvalue weighted by molar-refractivity contribution is 0.288. The van der Waals surface area contributed by atoms with E-state index in [0.717, 1.165) is 34.3 Å². The standard InChI is InChI=1S/C14H17Br2N3O/c1-2-17-10-11-8-12(15)14(13(16)9-11)20-7-6-19-5-3-4-18-19/h3-5,8-9,17H,2,6-7,10H2,1H3. The summed E-state index contributed by atoms with van der Waals surface area (Å²) in [7, 11) is 0. The van der Waals surface area contributed by atoms with Crippen LogP contribution in [0.4, 0.5) is 0 Å². The fraction of sp³-hybridized carbons (Fsp3) is 0.357. The van der Waals surface area contributed by atoms with Gasteiger partial charge in [0.2, 0.25) is 0 Å². The van der Waals surface area contributed by atoms with Crippen molar-refractivity contribution in [3.8, 4) is 5.75 Å². The smallest absolute Gasteiger partial charge is 0.147 e. The number of hydrogen-bond donors (Lipinski definition) is 1. The van der Waals surface area contributed by atoms with Gasteiger partial charge in [-0.05, 0) is 62.2 Å². The Balaban J connectivity index is 1.97. The minimum absolute atomic E-state index is 0.575. The molecule has 0 saturated heterocycles. The molecule has 0 fully saturated rings. The van der Waals surface area contributed by atoms with Crippen molar-refractivity contribution in [1.29, 1.82) is 0 Å². The van der Waals surface area contributed by atoms with Gasteiger partial charge in [0, 0.05) is 18.9 Å². The Morgan fingerprint density at radius 3 is 2.65 bits per heavy atom. The van der Waals surface area contributed by atoms with Gasteiger partial charge >= 0.3 is 0 Å². The number of hydrogen-bond acceptors (Lipinski definition) is 3. The second-order valence-corrected chi connectivity index (χ2v) is 6.00. The van der Waals surface area contributed by atoms with Crippen LogP contribution in [0.1, 0.15) is 12.5 Å². The number of aromatic nitrogens is 2. The van der Waals surface area contributed by atoms with E-state index >= 15 is 0 Å². The third-order valence-electron chi connectivity index (χ3n) is 2.76. The van der Waals surface area contributed by atoms with Crippen LogP contribution in [-0.4, -0.2) is 22.9 Å². The van der Waals surface area contributed by atoms with Crippen molar-refractivity contribution >= 4 is 31.9 Å². The first-order valence-electron chi connectivity index (χ1n) is 6.49. The monoisotopic (exact) mass is 401 g/mol. The Morgan fingerprint density at radius 1 is 1.30 bits per heavy atom. The number of benzene rings is 1. The van der Waals surface area contributed by atoms with Gasteiger partial charge in [-0.3, -0.25) is 4.68 Å². The molecule has 4 nitrogen and oxygen atoms in total.